The van der Waals surface area contributed by atoms with Crippen LogP contribution in [-0.2, 0) is 16.0 Å². The zero-order valence-electron chi connectivity index (χ0n) is 14.9. The molecule has 0 unspecified atom stereocenters. The minimum atomic E-state index is -0.495. The topological polar surface area (TPSA) is 49.4 Å². The summed E-state index contributed by atoms with van der Waals surface area (Å²) in [4.78, 5) is 26.5. The summed E-state index contributed by atoms with van der Waals surface area (Å²) in [6, 6.07) is 14.6. The molecule has 0 aromatic heterocycles. The molecule has 0 spiro atoms. The molecule has 1 fully saturated rings. The number of rotatable bonds is 5. The van der Waals surface area contributed by atoms with E-state index >= 15 is 0 Å². The van der Waals surface area contributed by atoms with Gasteiger partial charge in [0.25, 0.3) is 11.8 Å². The maximum Gasteiger partial charge on any atom is 0.270 e. The standard InChI is InChI=1S/C21H19ClN2O2S/c1-2-3-4-14-5-7-15(8-6-14)13-18-19(25)23-21(27)24(20(18)26)17-11-9-16(22)10-12-17/h5-13H,2-4H2,1H3,(H,23,25,27)/b18-13-. The van der Waals surface area contributed by atoms with Gasteiger partial charge in [-0.05, 0) is 66.5 Å². The predicted molar refractivity (Wildman–Crippen MR) is 113 cm³/mol. The van der Waals surface area contributed by atoms with E-state index in [2.05, 4.69) is 12.2 Å². The SMILES string of the molecule is CCCCc1ccc(/C=C2/C(=O)NC(=S)N(c3ccc(Cl)cc3)C2=O)cc1. The molecule has 1 aliphatic heterocycles. The molecule has 2 aromatic carbocycles. The zero-order chi connectivity index (χ0) is 19.4. The zero-order valence-corrected chi connectivity index (χ0v) is 16.4. The van der Waals surface area contributed by atoms with E-state index in [1.54, 1.807) is 30.3 Å². The van der Waals surface area contributed by atoms with Crippen molar-refractivity contribution in [3.05, 3.63) is 70.3 Å². The molecule has 27 heavy (non-hydrogen) atoms. The van der Waals surface area contributed by atoms with Crippen LogP contribution in [-0.4, -0.2) is 16.9 Å². The maximum atomic E-state index is 12.9. The van der Waals surface area contributed by atoms with E-state index in [1.807, 2.05) is 24.3 Å². The van der Waals surface area contributed by atoms with E-state index in [0.29, 0.717) is 10.7 Å². The van der Waals surface area contributed by atoms with Crippen molar-refractivity contribution in [2.45, 2.75) is 26.2 Å². The minimum Gasteiger partial charge on any atom is -0.298 e. The lowest BCUT2D eigenvalue weighted by Crippen LogP contribution is -2.54. The first kappa shape index (κ1) is 19.3. The Morgan fingerprint density at radius 2 is 1.74 bits per heavy atom. The van der Waals surface area contributed by atoms with Gasteiger partial charge in [0.1, 0.15) is 5.57 Å². The average Bonchev–Trinajstić information content (AvgIpc) is 2.66. The van der Waals surface area contributed by atoms with Gasteiger partial charge in [-0.2, -0.15) is 0 Å². The van der Waals surface area contributed by atoms with Gasteiger partial charge in [0.15, 0.2) is 5.11 Å². The summed E-state index contributed by atoms with van der Waals surface area (Å²) >= 11 is 11.1. The first-order chi connectivity index (χ1) is 13.0. The number of hydrogen-bond donors (Lipinski definition) is 1. The number of aryl methyl sites for hydroxylation is 1. The fraction of sp³-hybridized carbons (Fsp3) is 0.190. The number of benzene rings is 2. The predicted octanol–water partition coefficient (Wildman–Crippen LogP) is 4.51. The molecule has 1 aliphatic rings. The third-order valence-electron chi connectivity index (χ3n) is 4.30. The van der Waals surface area contributed by atoms with Crippen LogP contribution in [0, 0.1) is 0 Å². The quantitative estimate of drug-likeness (QED) is 0.458. The number of halogens is 1. The smallest absolute Gasteiger partial charge is 0.270 e. The van der Waals surface area contributed by atoms with Crippen molar-refractivity contribution < 1.29 is 9.59 Å². The van der Waals surface area contributed by atoms with Crippen LogP contribution in [0.15, 0.2) is 54.1 Å². The van der Waals surface area contributed by atoms with E-state index < -0.39 is 11.8 Å². The molecular weight excluding hydrogens is 380 g/mol. The lowest BCUT2D eigenvalue weighted by atomic mass is 10.0. The molecule has 3 rings (SSSR count). The fourth-order valence-electron chi connectivity index (χ4n) is 2.81. The molecule has 0 bridgehead atoms. The number of nitrogens with one attached hydrogen (secondary N) is 1. The van der Waals surface area contributed by atoms with Crippen molar-refractivity contribution in [1.29, 1.82) is 0 Å². The Balaban J connectivity index is 1.88. The van der Waals surface area contributed by atoms with Crippen LogP contribution in [0.25, 0.3) is 6.08 Å². The molecule has 4 nitrogen and oxygen atoms in total. The van der Waals surface area contributed by atoms with Crippen LogP contribution < -0.4 is 10.2 Å². The Kier molecular flexibility index (Phi) is 6.04. The number of carbonyl (C=O) groups is 2. The van der Waals surface area contributed by atoms with Crippen molar-refractivity contribution >= 4 is 52.5 Å². The highest BCUT2D eigenvalue weighted by molar-refractivity contribution is 7.80. The van der Waals surface area contributed by atoms with E-state index in [4.69, 9.17) is 23.8 Å². The molecule has 0 saturated carbocycles. The Hall–Kier alpha value is -2.50. The second kappa shape index (κ2) is 8.46. The number of unbranched alkanes of at least 4 members (excludes halogenated alkanes) is 1. The van der Waals surface area contributed by atoms with Gasteiger partial charge in [-0.1, -0.05) is 49.2 Å². The number of thiocarbonyl (C=S) groups is 1. The molecule has 138 valence electrons. The molecule has 0 radical (unpaired) electrons. The van der Waals surface area contributed by atoms with Crippen molar-refractivity contribution in [2.24, 2.45) is 0 Å². The number of hydrogen-bond acceptors (Lipinski definition) is 3. The molecule has 0 atom stereocenters. The molecule has 1 heterocycles. The monoisotopic (exact) mass is 398 g/mol. The van der Waals surface area contributed by atoms with Gasteiger partial charge >= 0.3 is 0 Å². The number of anilines is 1. The van der Waals surface area contributed by atoms with E-state index in [0.717, 1.165) is 24.8 Å². The Morgan fingerprint density at radius 3 is 2.37 bits per heavy atom. The third kappa shape index (κ3) is 4.43. The molecule has 1 N–H and O–H groups in total. The van der Waals surface area contributed by atoms with Crippen LogP contribution in [0.3, 0.4) is 0 Å². The van der Waals surface area contributed by atoms with Crippen molar-refractivity contribution in [3.8, 4) is 0 Å². The van der Waals surface area contributed by atoms with Gasteiger partial charge in [0.05, 0.1) is 5.69 Å². The number of nitrogens with zero attached hydrogens (tertiary/aromatic N) is 1. The van der Waals surface area contributed by atoms with Crippen LogP contribution in [0.5, 0.6) is 0 Å². The summed E-state index contributed by atoms with van der Waals surface area (Å²) in [6.45, 7) is 2.16. The molecular formula is C21H19ClN2O2S. The largest absolute Gasteiger partial charge is 0.298 e. The fourth-order valence-corrected chi connectivity index (χ4v) is 3.22. The summed E-state index contributed by atoms with van der Waals surface area (Å²) in [5.41, 5.74) is 2.62. The first-order valence-corrected chi connectivity index (χ1v) is 9.54. The van der Waals surface area contributed by atoms with Crippen molar-refractivity contribution in [3.63, 3.8) is 0 Å². The summed E-state index contributed by atoms with van der Waals surface area (Å²) < 4.78 is 0. The van der Waals surface area contributed by atoms with E-state index in [9.17, 15) is 9.59 Å². The van der Waals surface area contributed by atoms with Gasteiger partial charge in [0, 0.05) is 5.02 Å². The Labute approximate surface area is 168 Å². The number of amides is 2. The second-order valence-corrected chi connectivity index (χ2v) is 7.10. The van der Waals surface area contributed by atoms with Crippen LogP contribution >= 0.6 is 23.8 Å². The highest BCUT2D eigenvalue weighted by Crippen LogP contribution is 2.23. The van der Waals surface area contributed by atoms with Gasteiger partial charge in [0.2, 0.25) is 0 Å². The molecule has 2 aromatic rings. The number of carbonyl (C=O) groups excluding carboxylic acids is 2. The van der Waals surface area contributed by atoms with E-state index in [-0.39, 0.29) is 10.7 Å². The summed E-state index contributed by atoms with van der Waals surface area (Å²) in [5.74, 6) is -0.952. The molecule has 0 aliphatic carbocycles. The van der Waals surface area contributed by atoms with Crippen LogP contribution in [0.4, 0.5) is 5.69 Å². The van der Waals surface area contributed by atoms with Gasteiger partial charge in [-0.25, -0.2) is 0 Å². The lowest BCUT2D eigenvalue weighted by molar-refractivity contribution is -0.122. The summed E-state index contributed by atoms with van der Waals surface area (Å²) in [6.07, 6.45) is 4.88. The average molecular weight is 399 g/mol. The second-order valence-electron chi connectivity index (χ2n) is 6.28. The minimum absolute atomic E-state index is 0.0415. The Bertz CT molecular complexity index is 905. The van der Waals surface area contributed by atoms with Gasteiger partial charge < -0.3 is 0 Å². The lowest BCUT2D eigenvalue weighted by Gasteiger charge is -2.28. The van der Waals surface area contributed by atoms with Gasteiger partial charge in [-0.3, -0.25) is 19.8 Å². The summed E-state index contributed by atoms with van der Waals surface area (Å²) in [5, 5.41) is 3.19. The normalized spacial score (nSPS) is 16.0. The molecule has 6 heteroatoms. The first-order valence-electron chi connectivity index (χ1n) is 8.75. The van der Waals surface area contributed by atoms with Gasteiger partial charge in [-0.15, -0.1) is 0 Å². The van der Waals surface area contributed by atoms with Crippen LogP contribution in [0.1, 0.15) is 30.9 Å². The third-order valence-corrected chi connectivity index (χ3v) is 4.83. The summed E-state index contributed by atoms with van der Waals surface area (Å²) in [7, 11) is 0. The van der Waals surface area contributed by atoms with Crippen LogP contribution in [0.2, 0.25) is 5.02 Å². The maximum absolute atomic E-state index is 12.9. The molecule has 1 saturated heterocycles. The highest BCUT2D eigenvalue weighted by atomic mass is 35.5. The highest BCUT2D eigenvalue weighted by Gasteiger charge is 2.34. The molecule has 2 amide bonds. The Morgan fingerprint density at radius 1 is 1.07 bits per heavy atom. The van der Waals surface area contributed by atoms with Crippen molar-refractivity contribution in [2.75, 3.05) is 4.90 Å². The van der Waals surface area contributed by atoms with Crippen molar-refractivity contribution in [1.82, 2.24) is 5.32 Å². The van der Waals surface area contributed by atoms with E-state index in [1.165, 1.54) is 10.5 Å².